The van der Waals surface area contributed by atoms with Gasteiger partial charge in [-0.2, -0.15) is 0 Å². The lowest BCUT2D eigenvalue weighted by Gasteiger charge is -2.54. The van der Waals surface area contributed by atoms with Crippen LogP contribution in [-0.4, -0.2) is 89.0 Å². The van der Waals surface area contributed by atoms with Crippen molar-refractivity contribution >= 4 is 37.6 Å². The fourth-order valence-electron chi connectivity index (χ4n) is 4.84. The first-order chi connectivity index (χ1) is 18.1. The summed E-state index contributed by atoms with van der Waals surface area (Å²) < 4.78 is 48.8. The molecule has 10 nitrogen and oxygen atoms in total. The minimum Gasteiger partial charge on any atom is -0.460 e. The molecular formula is C26H52O10Si3. The molecule has 39 heavy (non-hydrogen) atoms. The van der Waals surface area contributed by atoms with Crippen molar-refractivity contribution in [2.75, 3.05) is 40.9 Å². The molecular weight excluding hydrogens is 557 g/mol. The van der Waals surface area contributed by atoms with Gasteiger partial charge in [-0.15, -0.1) is 0 Å². The molecule has 0 amide bonds. The molecule has 0 saturated heterocycles. The van der Waals surface area contributed by atoms with Gasteiger partial charge in [0.15, 0.2) is 6.23 Å². The molecule has 0 fully saturated rings. The predicted octanol–water partition coefficient (Wildman–Crippen LogP) is 4.70. The Hall–Kier alpha value is -1.17. The van der Waals surface area contributed by atoms with E-state index in [0.717, 1.165) is 0 Å². The minimum absolute atomic E-state index is 0.0599. The van der Waals surface area contributed by atoms with Gasteiger partial charge in [0.05, 0.1) is 5.22 Å². The summed E-state index contributed by atoms with van der Waals surface area (Å²) in [6.07, 6.45) is 2.04. The smallest absolute Gasteiger partial charge is 0.460 e. The van der Waals surface area contributed by atoms with Gasteiger partial charge in [0.25, 0.3) is 0 Å². The van der Waals surface area contributed by atoms with Crippen LogP contribution in [0.4, 0.5) is 0 Å². The summed E-state index contributed by atoms with van der Waals surface area (Å²) in [5.74, 6) is -1.06. The largest absolute Gasteiger partial charge is 0.540 e. The maximum absolute atomic E-state index is 12.3. The predicted molar refractivity (Wildman–Crippen MR) is 157 cm³/mol. The number of esters is 2. The van der Waals surface area contributed by atoms with Crippen molar-refractivity contribution in [3.8, 4) is 0 Å². The molecule has 0 atom stereocenters. The second-order valence-corrected chi connectivity index (χ2v) is 20.4. The molecule has 0 bridgehead atoms. The molecule has 0 aliphatic heterocycles. The average Bonchev–Trinajstić information content (AvgIpc) is 2.92. The van der Waals surface area contributed by atoms with E-state index in [9.17, 15) is 9.59 Å². The molecule has 0 N–H and O–H groups in total. The van der Waals surface area contributed by atoms with Crippen LogP contribution in [0.3, 0.4) is 0 Å². The van der Waals surface area contributed by atoms with Crippen LogP contribution in [0.5, 0.6) is 0 Å². The van der Waals surface area contributed by atoms with Crippen molar-refractivity contribution in [3.63, 3.8) is 0 Å². The van der Waals surface area contributed by atoms with Gasteiger partial charge in [-0.3, -0.25) is 0 Å². The van der Waals surface area contributed by atoms with Gasteiger partial charge >= 0.3 is 29.3 Å². The number of carbonyl (C=O) groups is 2. The number of hydrogen-bond donors (Lipinski definition) is 0. The van der Waals surface area contributed by atoms with Crippen LogP contribution in [-0.2, 0) is 45.6 Å². The van der Waals surface area contributed by atoms with Crippen molar-refractivity contribution in [1.82, 2.24) is 0 Å². The van der Waals surface area contributed by atoms with Crippen LogP contribution < -0.4 is 0 Å². The summed E-state index contributed by atoms with van der Waals surface area (Å²) in [5, 5.41) is -1.68. The van der Waals surface area contributed by atoms with Crippen LogP contribution in [0.15, 0.2) is 24.3 Å². The number of ether oxygens (including phenoxy) is 2. The van der Waals surface area contributed by atoms with E-state index in [0.29, 0.717) is 25.7 Å². The molecule has 0 heterocycles. The van der Waals surface area contributed by atoms with E-state index < -0.39 is 48.1 Å². The third kappa shape index (κ3) is 8.42. The Morgan fingerprint density at radius 2 is 1.03 bits per heavy atom. The highest BCUT2D eigenvalue weighted by Gasteiger charge is 2.64. The summed E-state index contributed by atoms with van der Waals surface area (Å²) in [4.78, 5) is 24.5. The van der Waals surface area contributed by atoms with Crippen LogP contribution in [0.1, 0.15) is 67.2 Å². The SMILES string of the molecule is C=C(C)C(=O)OC[Si](OC)(OC)OC(CC)(CC)[Si](C)(C)OC(CC)(CC)[Si](COC(=O)C(=C)C)(OC)OC. The Kier molecular flexibility index (Phi) is 15.3. The molecule has 0 aliphatic rings. The summed E-state index contributed by atoms with van der Waals surface area (Å²) in [6, 6.07) is 0. The third-order valence-corrected chi connectivity index (χ3v) is 18.4. The second-order valence-electron chi connectivity index (χ2n) is 10.1. The van der Waals surface area contributed by atoms with Gasteiger partial charge in [-0.05, 0) is 52.6 Å². The van der Waals surface area contributed by atoms with E-state index in [-0.39, 0.29) is 23.6 Å². The Bertz CT molecular complexity index is 830. The van der Waals surface area contributed by atoms with E-state index in [1.54, 1.807) is 28.1 Å². The van der Waals surface area contributed by atoms with E-state index in [1.807, 2.05) is 27.7 Å². The molecule has 0 aromatic heterocycles. The molecule has 13 heteroatoms. The summed E-state index contributed by atoms with van der Waals surface area (Å²) in [7, 11) is -3.61. The zero-order valence-electron chi connectivity index (χ0n) is 26.2. The van der Waals surface area contributed by atoms with Crippen LogP contribution in [0, 0.1) is 0 Å². The highest BCUT2D eigenvalue weighted by atomic mass is 28.4. The highest BCUT2D eigenvalue weighted by molar-refractivity contribution is 6.78. The maximum atomic E-state index is 12.3. The standard InChI is InChI=1S/C26H52O10Si3/c1-15-25(16-2,36-39(31-11,32-12)20-34-24(28)22(7)8)37(13,14)35-26(17-3,18-4)38(29-9,30-10)19-33-23(27)21(5)6/h5,7,15-20H2,1-4,6,8-14H3. The van der Waals surface area contributed by atoms with Gasteiger partial charge < -0.3 is 36.0 Å². The van der Waals surface area contributed by atoms with Gasteiger partial charge in [0, 0.05) is 39.6 Å². The van der Waals surface area contributed by atoms with Crippen molar-refractivity contribution < 1.29 is 45.6 Å². The van der Waals surface area contributed by atoms with Crippen molar-refractivity contribution in [2.24, 2.45) is 0 Å². The first-order valence-electron chi connectivity index (χ1n) is 13.3. The normalized spacial score (nSPS) is 13.2. The lowest BCUT2D eigenvalue weighted by molar-refractivity contribution is -0.139. The Balaban J connectivity index is 6.67. The summed E-state index contributed by atoms with van der Waals surface area (Å²) in [6.45, 7) is 22.7. The molecule has 0 saturated carbocycles. The van der Waals surface area contributed by atoms with E-state index in [4.69, 9.17) is 36.0 Å². The van der Waals surface area contributed by atoms with E-state index in [2.05, 4.69) is 26.3 Å². The minimum atomic E-state index is -3.50. The van der Waals surface area contributed by atoms with Crippen LogP contribution in [0.2, 0.25) is 13.1 Å². The first-order valence-corrected chi connectivity index (χ1v) is 20.2. The van der Waals surface area contributed by atoms with Crippen molar-refractivity contribution in [3.05, 3.63) is 24.3 Å². The molecule has 0 rings (SSSR count). The van der Waals surface area contributed by atoms with Crippen LogP contribution >= 0.6 is 0 Å². The fraction of sp³-hybridized carbons (Fsp3) is 0.769. The second kappa shape index (κ2) is 15.7. The molecule has 0 aromatic rings. The molecule has 228 valence electrons. The quantitative estimate of drug-likeness (QED) is 0.110. The lowest BCUT2D eigenvalue weighted by atomic mass is 10.2. The Morgan fingerprint density at radius 3 is 1.33 bits per heavy atom. The molecule has 0 aromatic carbocycles. The molecule has 0 unspecified atom stereocenters. The summed E-state index contributed by atoms with van der Waals surface area (Å²) >= 11 is 0. The first kappa shape index (κ1) is 37.8. The number of hydrogen-bond acceptors (Lipinski definition) is 10. The topological polar surface area (TPSA) is 108 Å². The third-order valence-electron chi connectivity index (χ3n) is 7.63. The van der Waals surface area contributed by atoms with Crippen molar-refractivity contribution in [2.45, 2.75) is 90.8 Å². The van der Waals surface area contributed by atoms with Gasteiger partial charge in [0.1, 0.15) is 11.5 Å². The number of carbonyl (C=O) groups excluding carboxylic acids is 2. The van der Waals surface area contributed by atoms with Gasteiger partial charge in [-0.25, -0.2) is 9.59 Å². The van der Waals surface area contributed by atoms with Crippen molar-refractivity contribution in [1.29, 1.82) is 0 Å². The zero-order valence-corrected chi connectivity index (χ0v) is 29.2. The molecule has 0 radical (unpaired) electrons. The monoisotopic (exact) mass is 608 g/mol. The molecule has 0 aliphatic carbocycles. The Labute approximate surface area is 239 Å². The lowest BCUT2D eigenvalue weighted by Crippen LogP contribution is -2.73. The summed E-state index contributed by atoms with van der Waals surface area (Å²) in [5.41, 5.74) is 0.556. The van der Waals surface area contributed by atoms with Gasteiger partial charge in [-0.1, -0.05) is 40.9 Å². The number of rotatable bonds is 20. The van der Waals surface area contributed by atoms with Gasteiger partial charge in [0.2, 0.25) is 8.32 Å². The zero-order chi connectivity index (χ0) is 30.7. The van der Waals surface area contributed by atoms with E-state index >= 15 is 0 Å². The van der Waals surface area contributed by atoms with E-state index in [1.165, 1.54) is 14.2 Å². The maximum Gasteiger partial charge on any atom is 0.540 e. The Morgan fingerprint density at radius 1 is 0.641 bits per heavy atom. The fourth-order valence-corrected chi connectivity index (χ4v) is 15.5. The molecule has 0 spiro atoms. The average molecular weight is 609 g/mol. The highest BCUT2D eigenvalue weighted by Crippen LogP contribution is 2.43. The van der Waals surface area contributed by atoms with Crippen LogP contribution in [0.25, 0.3) is 0 Å².